The van der Waals surface area contributed by atoms with Crippen LogP contribution < -0.4 is 0 Å². The number of hydrogen-bond donors (Lipinski definition) is 0. The number of carbonyl (C=O) groups excluding carboxylic acids is 1. The molecule has 0 aromatic heterocycles. The van der Waals surface area contributed by atoms with Crippen LogP contribution in [0.1, 0.15) is 33.1 Å². The van der Waals surface area contributed by atoms with Crippen molar-refractivity contribution in [3.8, 4) is 0 Å². The van der Waals surface area contributed by atoms with Crippen LogP contribution in [-0.2, 0) is 9.53 Å². The second-order valence-corrected chi connectivity index (χ2v) is 7.39. The van der Waals surface area contributed by atoms with Crippen LogP contribution in [0.5, 0.6) is 0 Å². The summed E-state index contributed by atoms with van der Waals surface area (Å²) in [7, 11) is 0. The first-order chi connectivity index (χ1) is 9.61. The molecule has 20 heavy (non-hydrogen) atoms. The van der Waals surface area contributed by atoms with Crippen LogP contribution in [0.15, 0.2) is 10.6 Å². The van der Waals surface area contributed by atoms with E-state index in [1.807, 2.05) is 6.92 Å². The molecule has 3 nitrogen and oxygen atoms in total. The van der Waals surface area contributed by atoms with Gasteiger partial charge in [0.2, 0.25) is 0 Å². The summed E-state index contributed by atoms with van der Waals surface area (Å²) in [4.78, 5) is 15.0. The van der Waals surface area contributed by atoms with Gasteiger partial charge in [0.25, 0.3) is 0 Å². The summed E-state index contributed by atoms with van der Waals surface area (Å²) in [6.45, 7) is 6.88. The molecule has 0 saturated carbocycles. The molecule has 2 heterocycles. The average Bonchev–Trinajstić information content (AvgIpc) is 2.85. The third-order valence-electron chi connectivity index (χ3n) is 5.41. The monoisotopic (exact) mass is 341 g/mol. The molecule has 0 N–H and O–H groups in total. The molecular formula is C16H24BrNO2. The van der Waals surface area contributed by atoms with E-state index in [1.165, 1.54) is 23.9 Å². The lowest BCUT2D eigenvalue weighted by Crippen LogP contribution is -2.50. The predicted octanol–water partition coefficient (Wildman–Crippen LogP) is 3.19. The van der Waals surface area contributed by atoms with Gasteiger partial charge in [0.05, 0.1) is 12.5 Å². The normalized spacial score (nSPS) is 40.8. The summed E-state index contributed by atoms with van der Waals surface area (Å²) in [5.74, 6) is 1.26. The van der Waals surface area contributed by atoms with Crippen molar-refractivity contribution >= 4 is 21.9 Å². The third kappa shape index (κ3) is 2.45. The molecule has 2 saturated heterocycles. The van der Waals surface area contributed by atoms with E-state index in [0.717, 1.165) is 13.0 Å². The molecule has 2 fully saturated rings. The minimum absolute atomic E-state index is 0.00602. The van der Waals surface area contributed by atoms with Crippen molar-refractivity contribution in [3.63, 3.8) is 0 Å². The molecule has 3 aliphatic rings. The van der Waals surface area contributed by atoms with Crippen LogP contribution in [0.3, 0.4) is 0 Å². The first-order valence-electron chi connectivity index (χ1n) is 7.89. The molecule has 0 amide bonds. The number of halogens is 1. The number of hydrogen-bond acceptors (Lipinski definition) is 3. The van der Waals surface area contributed by atoms with Crippen LogP contribution >= 0.6 is 15.9 Å². The van der Waals surface area contributed by atoms with Gasteiger partial charge < -0.3 is 4.74 Å². The van der Waals surface area contributed by atoms with Crippen LogP contribution in [0.4, 0.5) is 0 Å². The standard InChI is InChI=1S/C16H24BrNO2/c1-3-20-16(19)15-10(2)14(17)7-11-9-18-6-4-5-12(18)8-13(11)15/h7,10-13,15H,3-6,8-9H2,1-2H3/t10-,11-,12?,13-,15-/m0/s1. The van der Waals surface area contributed by atoms with Crippen molar-refractivity contribution in [1.29, 1.82) is 0 Å². The molecule has 0 radical (unpaired) electrons. The van der Waals surface area contributed by atoms with Crippen molar-refractivity contribution in [1.82, 2.24) is 4.90 Å². The quantitative estimate of drug-likeness (QED) is 0.722. The van der Waals surface area contributed by atoms with Crippen molar-refractivity contribution in [3.05, 3.63) is 10.6 Å². The van der Waals surface area contributed by atoms with E-state index in [1.54, 1.807) is 0 Å². The van der Waals surface area contributed by atoms with E-state index >= 15 is 0 Å². The second-order valence-electron chi connectivity index (χ2n) is 6.47. The number of piperidine rings is 1. The summed E-state index contributed by atoms with van der Waals surface area (Å²) < 4.78 is 6.55. The molecule has 112 valence electrons. The first kappa shape index (κ1) is 14.6. The topological polar surface area (TPSA) is 29.5 Å². The molecule has 0 aromatic rings. The number of fused-ring (bicyclic) bond motifs is 2. The number of rotatable bonds is 2. The Labute approximate surface area is 129 Å². The fourth-order valence-electron chi connectivity index (χ4n) is 4.40. The summed E-state index contributed by atoms with van der Waals surface area (Å²) in [6, 6.07) is 0.700. The molecule has 5 atom stereocenters. The maximum absolute atomic E-state index is 12.4. The van der Waals surface area contributed by atoms with E-state index in [-0.39, 0.29) is 17.8 Å². The van der Waals surface area contributed by atoms with Gasteiger partial charge in [-0.25, -0.2) is 0 Å². The molecule has 1 aliphatic carbocycles. The Morgan fingerprint density at radius 1 is 1.55 bits per heavy atom. The maximum Gasteiger partial charge on any atom is 0.309 e. The average molecular weight is 342 g/mol. The Bertz CT molecular complexity index is 423. The van der Waals surface area contributed by atoms with E-state index in [4.69, 9.17) is 4.74 Å². The van der Waals surface area contributed by atoms with Crippen LogP contribution in [0.2, 0.25) is 0 Å². The smallest absolute Gasteiger partial charge is 0.309 e. The van der Waals surface area contributed by atoms with Gasteiger partial charge in [0, 0.05) is 18.5 Å². The molecule has 4 heteroatoms. The Hall–Kier alpha value is -0.350. The lowest BCUT2D eigenvalue weighted by atomic mass is 9.66. The molecule has 0 aromatic carbocycles. The van der Waals surface area contributed by atoms with E-state index < -0.39 is 0 Å². The van der Waals surface area contributed by atoms with Gasteiger partial charge in [0.15, 0.2) is 0 Å². The first-order valence-corrected chi connectivity index (χ1v) is 8.69. The van der Waals surface area contributed by atoms with Gasteiger partial charge >= 0.3 is 5.97 Å². The summed E-state index contributed by atoms with van der Waals surface area (Å²) in [6.07, 6.45) is 6.14. The largest absolute Gasteiger partial charge is 0.466 e. The summed E-state index contributed by atoms with van der Waals surface area (Å²) >= 11 is 3.68. The van der Waals surface area contributed by atoms with Crippen LogP contribution in [0, 0.1) is 23.7 Å². The second kappa shape index (κ2) is 5.80. The molecule has 0 bridgehead atoms. The van der Waals surface area contributed by atoms with Gasteiger partial charge in [-0.1, -0.05) is 28.9 Å². The Morgan fingerprint density at radius 3 is 3.10 bits per heavy atom. The number of allylic oxidation sites excluding steroid dienone is 1. The molecule has 3 rings (SSSR count). The van der Waals surface area contributed by atoms with Crippen molar-refractivity contribution in [2.24, 2.45) is 23.7 Å². The van der Waals surface area contributed by atoms with Gasteiger partial charge in [-0.2, -0.15) is 0 Å². The zero-order valence-electron chi connectivity index (χ0n) is 12.3. The fourth-order valence-corrected chi connectivity index (χ4v) is 5.03. The van der Waals surface area contributed by atoms with Gasteiger partial charge in [0.1, 0.15) is 0 Å². The SMILES string of the molecule is CCOC(=O)[C@@H]1[C@H]2CC3CCCN3C[C@@H]2C=C(Br)[C@@H]1C. The minimum Gasteiger partial charge on any atom is -0.466 e. The highest BCUT2D eigenvalue weighted by Gasteiger charge is 2.47. The third-order valence-corrected chi connectivity index (χ3v) is 6.39. The zero-order valence-corrected chi connectivity index (χ0v) is 13.9. The van der Waals surface area contributed by atoms with Crippen LogP contribution in [0.25, 0.3) is 0 Å². The molecular weight excluding hydrogens is 318 g/mol. The van der Waals surface area contributed by atoms with Crippen molar-refractivity contribution < 1.29 is 9.53 Å². The minimum atomic E-state index is 0.00602. The highest BCUT2D eigenvalue weighted by molar-refractivity contribution is 9.11. The Kier molecular flexibility index (Phi) is 4.23. The van der Waals surface area contributed by atoms with Gasteiger partial charge in [-0.05, 0) is 49.0 Å². The lowest BCUT2D eigenvalue weighted by molar-refractivity contribution is -0.154. The molecule has 1 unspecified atom stereocenters. The van der Waals surface area contributed by atoms with Gasteiger partial charge in [-0.3, -0.25) is 9.69 Å². The predicted molar refractivity (Wildman–Crippen MR) is 82.5 cm³/mol. The summed E-state index contributed by atoms with van der Waals surface area (Å²) in [5.41, 5.74) is 0. The number of esters is 1. The van der Waals surface area contributed by atoms with Crippen molar-refractivity contribution in [2.75, 3.05) is 19.7 Å². The zero-order chi connectivity index (χ0) is 14.3. The highest BCUT2D eigenvalue weighted by atomic mass is 79.9. The maximum atomic E-state index is 12.4. The van der Waals surface area contributed by atoms with E-state index in [9.17, 15) is 4.79 Å². The van der Waals surface area contributed by atoms with Crippen LogP contribution in [-0.4, -0.2) is 36.6 Å². The fraction of sp³-hybridized carbons (Fsp3) is 0.812. The number of nitrogens with zero attached hydrogens (tertiary/aromatic N) is 1. The van der Waals surface area contributed by atoms with Crippen molar-refractivity contribution in [2.45, 2.75) is 39.2 Å². The molecule has 2 aliphatic heterocycles. The van der Waals surface area contributed by atoms with E-state index in [2.05, 4.69) is 33.8 Å². The highest BCUT2D eigenvalue weighted by Crippen LogP contribution is 2.47. The number of carbonyl (C=O) groups is 1. The Morgan fingerprint density at radius 2 is 2.35 bits per heavy atom. The Balaban J connectivity index is 1.85. The lowest BCUT2D eigenvalue weighted by Gasteiger charge is -2.46. The molecule has 0 spiro atoms. The van der Waals surface area contributed by atoms with Gasteiger partial charge in [-0.15, -0.1) is 0 Å². The number of ether oxygens (including phenoxy) is 1. The summed E-state index contributed by atoms with van der Waals surface area (Å²) in [5, 5.41) is 0. The van der Waals surface area contributed by atoms with E-state index in [0.29, 0.717) is 24.5 Å².